The molecule has 0 saturated carbocycles. The first-order chi connectivity index (χ1) is 15.1. The van der Waals surface area contributed by atoms with Gasteiger partial charge in [-0.3, -0.25) is 4.55 Å². The summed E-state index contributed by atoms with van der Waals surface area (Å²) in [6.07, 6.45) is -2.33. The molecular formula is C14H13F16NO3S. The van der Waals surface area contributed by atoms with E-state index in [1.165, 1.54) is 0 Å². The minimum atomic E-state index is -8.71. The van der Waals surface area contributed by atoms with Crippen molar-refractivity contribution in [3.05, 3.63) is 25.3 Å². The van der Waals surface area contributed by atoms with Gasteiger partial charge in [-0.2, -0.15) is 69.9 Å². The first-order valence-electron chi connectivity index (χ1n) is 7.93. The van der Waals surface area contributed by atoms with E-state index in [-0.39, 0.29) is 0 Å². The van der Waals surface area contributed by atoms with Crippen LogP contribution in [0.4, 0.5) is 70.2 Å². The fourth-order valence-corrected chi connectivity index (χ4v) is 2.02. The van der Waals surface area contributed by atoms with E-state index in [4.69, 9.17) is 4.55 Å². The maximum absolute atomic E-state index is 13.0. The summed E-state index contributed by atoms with van der Waals surface area (Å²) in [4.78, 5) is 0. The molecule has 0 bridgehead atoms. The van der Waals surface area contributed by atoms with Crippen LogP contribution >= 0.6 is 0 Å². The Balaban J connectivity index is 0. The van der Waals surface area contributed by atoms with E-state index in [9.17, 15) is 78.7 Å². The highest BCUT2D eigenvalue weighted by molar-refractivity contribution is 7.87. The summed E-state index contributed by atoms with van der Waals surface area (Å²) in [6.45, 7) is 8.81. The molecule has 0 saturated heterocycles. The van der Waals surface area contributed by atoms with E-state index in [2.05, 4.69) is 18.5 Å². The Morgan fingerprint density at radius 2 is 0.943 bits per heavy atom. The molecule has 0 fully saturated rings. The summed E-state index contributed by atoms with van der Waals surface area (Å²) >= 11 is 0. The molecule has 0 aliphatic heterocycles. The summed E-state index contributed by atoms with van der Waals surface area (Å²) in [5.41, 5.74) is 0. The highest BCUT2D eigenvalue weighted by Gasteiger charge is 2.94. The Labute approximate surface area is 185 Å². The number of hydrogen-bond donors (Lipinski definition) is 2. The van der Waals surface area contributed by atoms with Crippen LogP contribution in [0.3, 0.4) is 0 Å². The highest BCUT2D eigenvalue weighted by atomic mass is 32.2. The molecule has 35 heavy (non-hydrogen) atoms. The molecule has 0 aliphatic rings. The largest absolute Gasteiger partial charge is 0.438 e. The number of alkyl halides is 16. The van der Waals surface area contributed by atoms with E-state index in [1.807, 2.05) is 12.2 Å². The van der Waals surface area contributed by atoms with Crippen LogP contribution < -0.4 is 5.32 Å². The van der Waals surface area contributed by atoms with Crippen molar-refractivity contribution in [2.75, 3.05) is 13.1 Å². The number of hydrogen-bond acceptors (Lipinski definition) is 3. The topological polar surface area (TPSA) is 66.4 Å². The molecule has 210 valence electrons. The van der Waals surface area contributed by atoms with Gasteiger partial charge in [0.05, 0.1) is 0 Å². The van der Waals surface area contributed by atoms with Crippen LogP contribution in [0.1, 0.15) is 0 Å². The van der Waals surface area contributed by atoms with E-state index >= 15 is 0 Å². The van der Waals surface area contributed by atoms with Gasteiger partial charge in [0.1, 0.15) is 0 Å². The second-order valence-corrected chi connectivity index (χ2v) is 7.49. The van der Waals surface area contributed by atoms with Gasteiger partial charge in [-0.1, -0.05) is 12.2 Å². The third-order valence-electron chi connectivity index (χ3n) is 3.54. The molecule has 0 aromatic heterocycles. The molecule has 0 aromatic carbocycles. The summed E-state index contributed by atoms with van der Waals surface area (Å²) in [5.74, 6) is -50.1. The van der Waals surface area contributed by atoms with Gasteiger partial charge in [0, 0.05) is 13.1 Å². The average Bonchev–Trinajstić information content (AvgIpc) is 2.66. The number of rotatable bonds is 12. The average molecular weight is 579 g/mol. The van der Waals surface area contributed by atoms with Gasteiger partial charge in [-0.05, 0) is 0 Å². The van der Waals surface area contributed by atoms with Crippen molar-refractivity contribution < 1.29 is 83.2 Å². The maximum atomic E-state index is 13.0. The van der Waals surface area contributed by atoms with Crippen molar-refractivity contribution in [3.8, 4) is 0 Å². The van der Waals surface area contributed by atoms with Crippen LogP contribution in [-0.4, -0.2) is 73.3 Å². The van der Waals surface area contributed by atoms with Crippen LogP contribution in [0.25, 0.3) is 0 Å². The quantitative estimate of drug-likeness (QED) is 0.139. The Bertz CT molecular complexity index is 832. The molecule has 21 heteroatoms. The Hall–Kier alpha value is -1.77. The highest BCUT2D eigenvalue weighted by Crippen LogP contribution is 2.63. The van der Waals surface area contributed by atoms with E-state index in [1.54, 1.807) is 0 Å². The number of nitrogens with one attached hydrogen (secondary N) is 1. The monoisotopic (exact) mass is 579 g/mol. The predicted octanol–water partition coefficient (Wildman–Crippen LogP) is 5.49. The van der Waals surface area contributed by atoms with E-state index in [0.717, 1.165) is 13.1 Å². The van der Waals surface area contributed by atoms with Gasteiger partial charge in [0.15, 0.2) is 0 Å². The summed E-state index contributed by atoms with van der Waals surface area (Å²) < 4.78 is 231. The fraction of sp³-hybridized carbons (Fsp3) is 0.714. The Morgan fingerprint density at radius 3 is 1.20 bits per heavy atom. The van der Waals surface area contributed by atoms with Crippen LogP contribution in [0.5, 0.6) is 0 Å². The van der Waals surface area contributed by atoms with Gasteiger partial charge >= 0.3 is 57.3 Å². The van der Waals surface area contributed by atoms with Gasteiger partial charge in [-0.15, -0.1) is 13.2 Å². The first-order valence-corrected chi connectivity index (χ1v) is 9.37. The molecule has 0 radical (unpaired) electrons. The van der Waals surface area contributed by atoms with Crippen LogP contribution in [0.15, 0.2) is 25.3 Å². The standard InChI is InChI=1S/C8H2F16O3S.C6H11N/c9-1(10)2(11,12)3(13,14)4(15,16)5(17,18)6(19,20)7(21,22)8(23,24)28(25,26)27;1-3-5-7-6-4-2/h1H,(H,25,26,27);3-4,7H,1-2,5-6H2. The van der Waals surface area contributed by atoms with Crippen LogP contribution in [-0.2, 0) is 10.1 Å². The smallest absolute Gasteiger partial charge is 0.310 e. The SMILES string of the molecule is C=CCNCC=C.O=S(=O)(O)C(F)(F)C(F)(F)C(F)(F)C(F)(F)C(F)(F)C(F)(F)C(F)(F)C(F)F. The molecule has 0 rings (SSSR count). The van der Waals surface area contributed by atoms with Crippen molar-refractivity contribution in [2.24, 2.45) is 0 Å². The zero-order chi connectivity index (χ0) is 29.1. The van der Waals surface area contributed by atoms with Crippen molar-refractivity contribution >= 4 is 10.1 Å². The molecular weight excluding hydrogens is 566 g/mol. The first kappa shape index (κ1) is 35.4. The van der Waals surface area contributed by atoms with Crippen LogP contribution in [0, 0.1) is 0 Å². The second kappa shape index (κ2) is 10.7. The van der Waals surface area contributed by atoms with Crippen molar-refractivity contribution in [2.45, 2.75) is 47.2 Å². The normalized spacial score (nSPS) is 14.9. The maximum Gasteiger partial charge on any atom is 0.438 e. The number of halogens is 16. The molecule has 0 amide bonds. The third-order valence-corrected chi connectivity index (χ3v) is 4.44. The molecule has 0 aromatic rings. The summed E-state index contributed by atoms with van der Waals surface area (Å²) in [6, 6.07) is 0. The lowest BCUT2D eigenvalue weighted by Crippen LogP contribution is -2.74. The zero-order valence-electron chi connectivity index (χ0n) is 16.3. The Kier molecular flexibility index (Phi) is 10.8. The van der Waals surface area contributed by atoms with E-state index in [0.29, 0.717) is 0 Å². The summed E-state index contributed by atoms with van der Waals surface area (Å²) in [7, 11) is -7.82. The van der Waals surface area contributed by atoms with Crippen molar-refractivity contribution in [3.63, 3.8) is 0 Å². The molecule has 0 heterocycles. The molecule has 0 spiro atoms. The lowest BCUT2D eigenvalue weighted by molar-refractivity contribution is -0.441. The molecule has 0 atom stereocenters. The minimum Gasteiger partial charge on any atom is -0.310 e. The van der Waals surface area contributed by atoms with Gasteiger partial charge < -0.3 is 5.32 Å². The minimum absolute atomic E-state index is 0.867. The van der Waals surface area contributed by atoms with Crippen molar-refractivity contribution in [1.82, 2.24) is 5.32 Å². The lowest BCUT2D eigenvalue weighted by atomic mass is 9.91. The molecule has 0 aliphatic carbocycles. The molecule has 4 nitrogen and oxygen atoms in total. The second-order valence-electron chi connectivity index (χ2n) is 6.02. The van der Waals surface area contributed by atoms with E-state index < -0.39 is 57.3 Å². The summed E-state index contributed by atoms with van der Waals surface area (Å²) in [5, 5.41) is -4.71. The van der Waals surface area contributed by atoms with Gasteiger partial charge in [0.2, 0.25) is 0 Å². The molecule has 2 N–H and O–H groups in total. The predicted molar refractivity (Wildman–Crippen MR) is 85.4 cm³/mol. The fourth-order valence-electron chi connectivity index (χ4n) is 1.57. The third kappa shape index (κ3) is 5.81. The lowest BCUT2D eigenvalue weighted by Gasteiger charge is -2.41. The van der Waals surface area contributed by atoms with Gasteiger partial charge in [-0.25, -0.2) is 8.78 Å². The van der Waals surface area contributed by atoms with Gasteiger partial charge in [0.25, 0.3) is 0 Å². The zero-order valence-corrected chi connectivity index (χ0v) is 17.1. The molecule has 0 unspecified atom stereocenters. The Morgan fingerprint density at radius 1 is 0.657 bits per heavy atom. The van der Waals surface area contributed by atoms with Crippen LogP contribution in [0.2, 0.25) is 0 Å². The van der Waals surface area contributed by atoms with Crippen molar-refractivity contribution in [1.29, 1.82) is 0 Å².